The molecule has 0 aromatic heterocycles. The Morgan fingerprint density at radius 3 is 1.47 bits per heavy atom. The van der Waals surface area contributed by atoms with Gasteiger partial charge in [-0.1, -0.05) is 0 Å². The Labute approximate surface area is 111 Å². The van der Waals surface area contributed by atoms with Crippen molar-refractivity contribution in [2.45, 2.75) is 35.8 Å². The van der Waals surface area contributed by atoms with Gasteiger partial charge in [0.1, 0.15) is 0 Å². The summed E-state index contributed by atoms with van der Waals surface area (Å²) in [5.74, 6) is 0. The summed E-state index contributed by atoms with van der Waals surface area (Å²) in [6.45, 7) is 4.94. The van der Waals surface area contributed by atoms with Gasteiger partial charge in [0.05, 0.1) is 0 Å². The minimum absolute atomic E-state index is 0.650. The average Bonchev–Trinajstić information content (AvgIpc) is 2.01. The van der Waals surface area contributed by atoms with E-state index >= 15 is 0 Å². The van der Waals surface area contributed by atoms with Gasteiger partial charge in [-0.25, -0.2) is 0 Å². The van der Waals surface area contributed by atoms with Gasteiger partial charge in [-0.05, 0) is 0 Å². The Kier molecular flexibility index (Phi) is 8.39. The van der Waals surface area contributed by atoms with Crippen LogP contribution in [0.1, 0.15) is 32.6 Å². The Hall–Kier alpha value is 0.790. The molecule has 15 heavy (non-hydrogen) atoms. The first-order valence-electron chi connectivity index (χ1n) is 5.92. The fourth-order valence-electron chi connectivity index (χ4n) is 1.72. The van der Waals surface area contributed by atoms with Crippen LogP contribution in [0.2, 0.25) is 3.17 Å². The molecule has 0 unspecified atom stereocenters. The standard InChI is InChI=1S/C12H27N2.In/c1-12(8-6-10-13(2)3)9-7-11-14(4)5;/h6-11H2,1-5H3;. The summed E-state index contributed by atoms with van der Waals surface area (Å²) < 4.78 is 0.650. The number of hydrogen-bond acceptors (Lipinski definition) is 2. The third kappa shape index (κ3) is 11.1. The molecule has 0 atom stereocenters. The average molecular weight is 314 g/mol. The molecule has 3 heteroatoms. The molecular formula is C12H27InN2. The van der Waals surface area contributed by atoms with Crippen molar-refractivity contribution in [2.75, 3.05) is 41.3 Å². The molecule has 0 spiro atoms. The van der Waals surface area contributed by atoms with E-state index < -0.39 is 0 Å². The van der Waals surface area contributed by atoms with E-state index in [1.54, 1.807) is 0 Å². The normalized spacial score (nSPS) is 12.7. The molecule has 0 rings (SSSR count). The van der Waals surface area contributed by atoms with Crippen LogP contribution in [0.15, 0.2) is 0 Å². The second kappa shape index (κ2) is 7.97. The molecule has 0 aliphatic heterocycles. The molecule has 0 aromatic carbocycles. The quantitative estimate of drug-likeness (QED) is 0.676. The summed E-state index contributed by atoms with van der Waals surface area (Å²) in [4.78, 5) is 4.58. The van der Waals surface area contributed by atoms with E-state index in [-0.39, 0.29) is 0 Å². The van der Waals surface area contributed by atoms with E-state index in [1.165, 1.54) is 63.1 Å². The Morgan fingerprint density at radius 2 is 1.20 bits per heavy atom. The van der Waals surface area contributed by atoms with Crippen molar-refractivity contribution >= 4 is 24.4 Å². The zero-order chi connectivity index (χ0) is 11.9. The number of nitrogens with zero attached hydrogens (tertiary/aromatic N) is 2. The van der Waals surface area contributed by atoms with E-state index in [0.29, 0.717) is 3.17 Å². The van der Waals surface area contributed by atoms with Gasteiger partial charge >= 0.3 is 111 Å². The van der Waals surface area contributed by atoms with Crippen molar-refractivity contribution in [2.24, 2.45) is 0 Å². The summed E-state index contributed by atoms with van der Waals surface area (Å²) in [5, 5.41) is 0. The molecule has 0 heterocycles. The van der Waals surface area contributed by atoms with Gasteiger partial charge in [-0.2, -0.15) is 0 Å². The molecule has 0 saturated carbocycles. The van der Waals surface area contributed by atoms with Gasteiger partial charge in [0, 0.05) is 0 Å². The third-order valence-corrected chi connectivity index (χ3v) is 4.35. The van der Waals surface area contributed by atoms with Crippen LogP contribution in [0.3, 0.4) is 0 Å². The summed E-state index contributed by atoms with van der Waals surface area (Å²) >= 11 is 1.40. The van der Waals surface area contributed by atoms with Crippen LogP contribution < -0.4 is 0 Å². The Bertz CT molecular complexity index is 140. The van der Waals surface area contributed by atoms with Crippen LogP contribution in [-0.4, -0.2) is 75.5 Å². The van der Waals surface area contributed by atoms with Crippen molar-refractivity contribution < 1.29 is 0 Å². The summed E-state index contributed by atoms with van der Waals surface area (Å²) in [6.07, 6.45) is 5.52. The summed E-state index contributed by atoms with van der Waals surface area (Å²) in [6, 6.07) is 0. The predicted octanol–water partition coefficient (Wildman–Crippen LogP) is 2.02. The van der Waals surface area contributed by atoms with Gasteiger partial charge in [-0.3, -0.25) is 0 Å². The van der Waals surface area contributed by atoms with Crippen molar-refractivity contribution in [3.8, 4) is 0 Å². The second-order valence-corrected chi connectivity index (χ2v) is 9.45. The topological polar surface area (TPSA) is 6.48 Å². The molecule has 0 aliphatic rings. The van der Waals surface area contributed by atoms with Gasteiger partial charge in [0.2, 0.25) is 0 Å². The van der Waals surface area contributed by atoms with Crippen LogP contribution in [0.5, 0.6) is 0 Å². The monoisotopic (exact) mass is 314 g/mol. The molecular weight excluding hydrogens is 287 g/mol. The zero-order valence-electron chi connectivity index (χ0n) is 11.2. The van der Waals surface area contributed by atoms with E-state index in [0.717, 1.165) is 0 Å². The summed E-state index contributed by atoms with van der Waals surface area (Å²) in [5.41, 5.74) is 0. The van der Waals surface area contributed by atoms with E-state index in [9.17, 15) is 0 Å². The first-order valence-corrected chi connectivity index (χ1v) is 7.56. The zero-order valence-corrected chi connectivity index (χ0v) is 14.5. The van der Waals surface area contributed by atoms with E-state index in [1.807, 2.05) is 0 Å². The first kappa shape index (κ1) is 15.8. The molecule has 0 amide bonds. The molecule has 0 N–H and O–H groups in total. The molecule has 2 nitrogen and oxygen atoms in total. The van der Waals surface area contributed by atoms with Crippen molar-refractivity contribution in [3.05, 3.63) is 0 Å². The van der Waals surface area contributed by atoms with E-state index in [4.69, 9.17) is 0 Å². The van der Waals surface area contributed by atoms with Crippen molar-refractivity contribution in [1.82, 2.24) is 9.80 Å². The SMILES string of the molecule is CN(C)CCC[C](C)([In])CCCN(C)C. The summed E-state index contributed by atoms with van der Waals surface area (Å²) in [7, 11) is 8.65. The molecule has 0 aliphatic carbocycles. The van der Waals surface area contributed by atoms with E-state index in [2.05, 4.69) is 44.9 Å². The third-order valence-electron chi connectivity index (χ3n) is 2.71. The van der Waals surface area contributed by atoms with Crippen LogP contribution in [0, 0.1) is 0 Å². The first-order chi connectivity index (χ1) is 6.83. The Balaban J connectivity index is 3.57. The molecule has 0 fully saturated rings. The fraction of sp³-hybridized carbons (Fsp3) is 1.00. The fourth-order valence-corrected chi connectivity index (χ4v) is 2.89. The van der Waals surface area contributed by atoms with Crippen LogP contribution in [0.25, 0.3) is 0 Å². The molecule has 0 saturated heterocycles. The number of rotatable bonds is 8. The minimum atomic E-state index is 0.650. The second-order valence-electron chi connectivity index (χ2n) is 5.47. The van der Waals surface area contributed by atoms with Gasteiger partial charge in [0.25, 0.3) is 0 Å². The van der Waals surface area contributed by atoms with Gasteiger partial charge in [-0.15, -0.1) is 0 Å². The maximum atomic E-state index is 2.46. The van der Waals surface area contributed by atoms with Gasteiger partial charge in [0.15, 0.2) is 0 Å². The maximum absolute atomic E-state index is 2.46. The molecule has 88 valence electrons. The molecule has 0 aromatic rings. The van der Waals surface area contributed by atoms with Crippen molar-refractivity contribution in [3.63, 3.8) is 0 Å². The molecule has 0 bridgehead atoms. The predicted molar refractivity (Wildman–Crippen MR) is 69.7 cm³/mol. The number of hydrogen-bond donors (Lipinski definition) is 0. The van der Waals surface area contributed by atoms with Gasteiger partial charge < -0.3 is 0 Å². The molecule has 2 radical (unpaired) electrons. The Morgan fingerprint density at radius 1 is 0.867 bits per heavy atom. The van der Waals surface area contributed by atoms with Crippen LogP contribution in [-0.2, 0) is 0 Å². The van der Waals surface area contributed by atoms with Crippen LogP contribution in [0.4, 0.5) is 0 Å². The van der Waals surface area contributed by atoms with Crippen molar-refractivity contribution in [1.29, 1.82) is 0 Å². The van der Waals surface area contributed by atoms with Crippen LogP contribution >= 0.6 is 0 Å².